The molecule has 0 atom stereocenters. The van der Waals surface area contributed by atoms with Gasteiger partial charge in [0, 0.05) is 11.3 Å². The average molecular weight is 340 g/mol. The van der Waals surface area contributed by atoms with Crippen molar-refractivity contribution >= 4 is 29.7 Å². The third kappa shape index (κ3) is 3.79. The van der Waals surface area contributed by atoms with Crippen molar-refractivity contribution in [2.45, 2.75) is 6.42 Å². The summed E-state index contributed by atoms with van der Waals surface area (Å²) in [5.41, 5.74) is 1.81. The van der Waals surface area contributed by atoms with Crippen molar-refractivity contribution in [3.63, 3.8) is 0 Å². The van der Waals surface area contributed by atoms with E-state index in [0.29, 0.717) is 15.9 Å². The Balaban J connectivity index is 1.78. The fourth-order valence-corrected chi connectivity index (χ4v) is 3.36. The minimum absolute atomic E-state index is 0.0627. The highest BCUT2D eigenvalue weighted by molar-refractivity contribution is 7.17. The molecule has 0 radical (unpaired) electrons. The second-order valence-corrected chi connectivity index (χ2v) is 6.48. The zero-order valence-corrected chi connectivity index (χ0v) is 13.5. The van der Waals surface area contributed by atoms with Gasteiger partial charge in [0.15, 0.2) is 5.78 Å². The number of benzene rings is 2. The first-order valence-corrected chi connectivity index (χ1v) is 8.18. The molecule has 0 fully saturated rings. The highest BCUT2D eigenvalue weighted by Crippen LogP contribution is 2.29. The first-order valence-electron chi connectivity index (χ1n) is 7.37. The number of carbonyl (C=O) groups is 1. The van der Waals surface area contributed by atoms with E-state index in [1.165, 1.54) is 23.5 Å². The fraction of sp³-hybridized carbons (Fsp3) is 0.0556. The van der Waals surface area contributed by atoms with Crippen LogP contribution in [0.5, 0.6) is 0 Å². The van der Waals surface area contributed by atoms with Gasteiger partial charge in [0.05, 0.1) is 4.88 Å². The molecule has 0 amide bonds. The summed E-state index contributed by atoms with van der Waals surface area (Å²) in [6, 6.07) is 16.4. The van der Waals surface area contributed by atoms with Crippen LogP contribution in [0.1, 0.15) is 15.2 Å². The van der Waals surface area contributed by atoms with Crippen LogP contribution >= 0.6 is 11.3 Å². The van der Waals surface area contributed by atoms with Gasteiger partial charge < -0.3 is 10.0 Å². The molecule has 0 spiro atoms. The molecule has 0 saturated carbocycles. The average Bonchev–Trinajstić information content (AvgIpc) is 3.05. The molecule has 3 nitrogen and oxygen atoms in total. The van der Waals surface area contributed by atoms with E-state index < -0.39 is 7.12 Å². The molecule has 0 aliphatic rings. The van der Waals surface area contributed by atoms with Gasteiger partial charge in [-0.2, -0.15) is 0 Å². The maximum atomic E-state index is 13.3. The molecule has 1 heterocycles. The molecule has 0 unspecified atom stereocenters. The van der Waals surface area contributed by atoms with Crippen molar-refractivity contribution in [1.82, 2.24) is 0 Å². The maximum absolute atomic E-state index is 13.3. The van der Waals surface area contributed by atoms with Crippen molar-refractivity contribution in [3.05, 3.63) is 76.9 Å². The largest absolute Gasteiger partial charge is 0.488 e. The van der Waals surface area contributed by atoms with Crippen LogP contribution in [0.2, 0.25) is 0 Å². The molecular formula is C18H14BFO3S. The number of thiophene rings is 1. The quantitative estimate of drug-likeness (QED) is 0.555. The van der Waals surface area contributed by atoms with E-state index in [4.69, 9.17) is 0 Å². The van der Waals surface area contributed by atoms with Crippen LogP contribution in [0.3, 0.4) is 0 Å². The lowest BCUT2D eigenvalue weighted by Crippen LogP contribution is -2.30. The normalized spacial score (nSPS) is 10.6. The summed E-state index contributed by atoms with van der Waals surface area (Å²) in [7, 11) is -1.55. The van der Waals surface area contributed by atoms with Crippen molar-refractivity contribution in [2.24, 2.45) is 0 Å². The van der Waals surface area contributed by atoms with E-state index >= 15 is 0 Å². The van der Waals surface area contributed by atoms with Gasteiger partial charge in [-0.05, 0) is 40.9 Å². The van der Waals surface area contributed by atoms with E-state index in [-0.39, 0.29) is 18.0 Å². The summed E-state index contributed by atoms with van der Waals surface area (Å²) in [5, 5.41) is 18.4. The lowest BCUT2D eigenvalue weighted by Gasteiger charge is -2.03. The van der Waals surface area contributed by atoms with Crippen LogP contribution in [-0.2, 0) is 6.42 Å². The van der Waals surface area contributed by atoms with Gasteiger partial charge in [-0.25, -0.2) is 4.39 Å². The Morgan fingerprint density at radius 2 is 1.83 bits per heavy atom. The number of ketones is 1. The van der Waals surface area contributed by atoms with Crippen LogP contribution in [-0.4, -0.2) is 22.9 Å². The van der Waals surface area contributed by atoms with E-state index in [1.54, 1.807) is 48.5 Å². The molecule has 2 aromatic carbocycles. The Hall–Kier alpha value is -2.28. The van der Waals surface area contributed by atoms with Crippen molar-refractivity contribution in [1.29, 1.82) is 0 Å². The Morgan fingerprint density at radius 3 is 2.58 bits per heavy atom. The van der Waals surface area contributed by atoms with Crippen LogP contribution < -0.4 is 5.46 Å². The van der Waals surface area contributed by atoms with E-state index in [0.717, 1.165) is 10.4 Å². The third-order valence-electron chi connectivity index (χ3n) is 3.60. The second-order valence-electron chi connectivity index (χ2n) is 5.39. The van der Waals surface area contributed by atoms with Crippen LogP contribution in [0.25, 0.3) is 10.4 Å². The number of Topliss-reactive ketones (excluding diaryl/α,β-unsaturated/α-hetero) is 1. The molecular weight excluding hydrogens is 326 g/mol. The van der Waals surface area contributed by atoms with Crippen molar-refractivity contribution in [3.8, 4) is 10.4 Å². The number of hydrogen-bond acceptors (Lipinski definition) is 4. The van der Waals surface area contributed by atoms with Gasteiger partial charge in [-0.1, -0.05) is 36.4 Å². The number of halogens is 1. The van der Waals surface area contributed by atoms with Gasteiger partial charge in [0.1, 0.15) is 5.82 Å². The summed E-state index contributed by atoms with van der Waals surface area (Å²) in [4.78, 5) is 13.8. The predicted molar refractivity (Wildman–Crippen MR) is 94.0 cm³/mol. The molecule has 0 bridgehead atoms. The van der Waals surface area contributed by atoms with Gasteiger partial charge in [0.2, 0.25) is 0 Å². The molecule has 0 saturated heterocycles. The summed E-state index contributed by atoms with van der Waals surface area (Å²) in [5.74, 6) is -0.375. The Bertz CT molecular complexity index is 876. The summed E-state index contributed by atoms with van der Waals surface area (Å²) < 4.78 is 13.3. The maximum Gasteiger partial charge on any atom is 0.488 e. The minimum atomic E-state index is -1.55. The van der Waals surface area contributed by atoms with E-state index in [2.05, 4.69) is 0 Å². The smallest absolute Gasteiger partial charge is 0.423 e. The van der Waals surface area contributed by atoms with Crippen molar-refractivity contribution in [2.75, 3.05) is 0 Å². The monoisotopic (exact) mass is 340 g/mol. The van der Waals surface area contributed by atoms with Crippen LogP contribution in [0.4, 0.5) is 4.39 Å². The van der Waals surface area contributed by atoms with E-state index in [9.17, 15) is 19.2 Å². The summed E-state index contributed by atoms with van der Waals surface area (Å²) in [6.07, 6.45) is 0.170. The number of rotatable bonds is 5. The van der Waals surface area contributed by atoms with Gasteiger partial charge in [-0.3, -0.25) is 4.79 Å². The molecule has 120 valence electrons. The first kappa shape index (κ1) is 16.6. The molecule has 3 rings (SSSR count). The molecule has 0 aliphatic carbocycles. The van der Waals surface area contributed by atoms with Crippen LogP contribution in [0, 0.1) is 5.82 Å². The van der Waals surface area contributed by atoms with Gasteiger partial charge in [0.25, 0.3) is 0 Å². The van der Waals surface area contributed by atoms with E-state index in [1.807, 2.05) is 0 Å². The fourth-order valence-electron chi connectivity index (χ4n) is 2.42. The SMILES string of the molecule is O=C(Cc1cccc(B(O)O)c1)c1ccc(-c2cccc(F)c2)s1. The zero-order chi connectivity index (χ0) is 17.1. The molecule has 24 heavy (non-hydrogen) atoms. The minimum Gasteiger partial charge on any atom is -0.423 e. The molecule has 3 aromatic rings. The highest BCUT2D eigenvalue weighted by atomic mass is 32.1. The Labute approximate surface area is 143 Å². The summed E-state index contributed by atoms with van der Waals surface area (Å²) in [6.45, 7) is 0. The molecule has 2 N–H and O–H groups in total. The second kappa shape index (κ2) is 7.09. The predicted octanol–water partition coefficient (Wildman–Crippen LogP) is 2.66. The molecule has 0 aliphatic heterocycles. The van der Waals surface area contributed by atoms with Gasteiger partial charge >= 0.3 is 7.12 Å². The Morgan fingerprint density at radius 1 is 1.04 bits per heavy atom. The van der Waals surface area contributed by atoms with Crippen molar-refractivity contribution < 1.29 is 19.2 Å². The topological polar surface area (TPSA) is 57.5 Å². The first-order chi connectivity index (χ1) is 11.5. The zero-order valence-electron chi connectivity index (χ0n) is 12.6. The van der Waals surface area contributed by atoms with Gasteiger partial charge in [-0.15, -0.1) is 11.3 Å². The highest BCUT2D eigenvalue weighted by Gasteiger charge is 2.14. The van der Waals surface area contributed by atoms with Crippen LogP contribution in [0.15, 0.2) is 60.7 Å². The molecule has 1 aromatic heterocycles. The summed E-state index contributed by atoms with van der Waals surface area (Å²) >= 11 is 1.32. The third-order valence-corrected chi connectivity index (χ3v) is 4.78. The number of carbonyl (C=O) groups excluding carboxylic acids is 1. The lowest BCUT2D eigenvalue weighted by molar-refractivity contribution is 0.0997. The number of hydrogen-bond donors (Lipinski definition) is 2. The Kier molecular flexibility index (Phi) is 4.90. The standard InChI is InChI=1S/C18H14BFO3S/c20-15-6-2-4-13(11-15)17-7-8-18(24-17)16(21)10-12-3-1-5-14(9-12)19(22)23/h1-9,11,22-23H,10H2. The molecule has 6 heteroatoms. The lowest BCUT2D eigenvalue weighted by atomic mass is 9.79.